The number of fused-ring (bicyclic) bond motifs is 1. The van der Waals surface area contributed by atoms with Crippen molar-refractivity contribution < 1.29 is 8.42 Å². The summed E-state index contributed by atoms with van der Waals surface area (Å²) in [6.07, 6.45) is 1.28. The lowest BCUT2D eigenvalue weighted by Crippen LogP contribution is -2.16. The van der Waals surface area contributed by atoms with Gasteiger partial charge >= 0.3 is 0 Å². The van der Waals surface area contributed by atoms with Gasteiger partial charge in [0.2, 0.25) is 5.95 Å². The molecule has 7 nitrogen and oxygen atoms in total. The molecule has 1 heterocycles. The number of benzene rings is 2. The molecule has 0 radical (unpaired) electrons. The van der Waals surface area contributed by atoms with E-state index in [2.05, 4.69) is 14.8 Å². The molecule has 0 atom stereocenters. The van der Waals surface area contributed by atoms with E-state index >= 15 is 0 Å². The first-order valence-corrected chi connectivity index (χ1v) is 7.61. The molecular weight excluding hydrogens is 290 g/mol. The van der Waals surface area contributed by atoms with Crippen LogP contribution >= 0.6 is 0 Å². The van der Waals surface area contributed by atoms with Crippen molar-refractivity contribution in [3.63, 3.8) is 0 Å². The van der Waals surface area contributed by atoms with Crippen molar-refractivity contribution in [1.82, 2.24) is 14.8 Å². The SMILES string of the molecule is Cn1ncnc1NS(=O)(=O)c1cccc2cc(N)ccc12. The van der Waals surface area contributed by atoms with E-state index in [1.54, 1.807) is 31.3 Å². The van der Waals surface area contributed by atoms with Crippen molar-refractivity contribution in [3.8, 4) is 0 Å². The molecule has 0 fully saturated rings. The molecule has 0 aliphatic heterocycles. The summed E-state index contributed by atoms with van der Waals surface area (Å²) in [5, 5.41) is 5.19. The molecule has 3 N–H and O–H groups in total. The zero-order valence-corrected chi connectivity index (χ0v) is 12.0. The predicted molar refractivity (Wildman–Crippen MR) is 80.2 cm³/mol. The Morgan fingerprint density at radius 2 is 2.05 bits per heavy atom. The normalized spacial score (nSPS) is 11.7. The minimum Gasteiger partial charge on any atom is -0.399 e. The third kappa shape index (κ3) is 2.40. The molecule has 0 saturated heterocycles. The fraction of sp³-hybridized carbons (Fsp3) is 0.0769. The second-order valence-corrected chi connectivity index (χ2v) is 6.20. The van der Waals surface area contributed by atoms with Gasteiger partial charge in [-0.05, 0) is 23.6 Å². The molecule has 2 aromatic carbocycles. The summed E-state index contributed by atoms with van der Waals surface area (Å²) >= 11 is 0. The molecule has 3 aromatic rings. The van der Waals surface area contributed by atoms with Crippen LogP contribution in [-0.4, -0.2) is 23.2 Å². The second-order valence-electron chi connectivity index (χ2n) is 4.55. The van der Waals surface area contributed by atoms with Gasteiger partial charge in [0.1, 0.15) is 6.33 Å². The van der Waals surface area contributed by atoms with Gasteiger partial charge in [-0.2, -0.15) is 10.1 Å². The largest absolute Gasteiger partial charge is 0.399 e. The maximum absolute atomic E-state index is 12.5. The summed E-state index contributed by atoms with van der Waals surface area (Å²) < 4.78 is 28.8. The number of hydrogen-bond donors (Lipinski definition) is 2. The topological polar surface area (TPSA) is 103 Å². The summed E-state index contributed by atoms with van der Waals surface area (Å²) in [4.78, 5) is 4.03. The van der Waals surface area contributed by atoms with Crippen LogP contribution in [0.4, 0.5) is 11.6 Å². The molecule has 108 valence electrons. The number of aromatic nitrogens is 3. The van der Waals surface area contributed by atoms with Crippen LogP contribution in [-0.2, 0) is 17.1 Å². The number of nitrogen functional groups attached to an aromatic ring is 1. The van der Waals surface area contributed by atoms with Crippen LogP contribution in [0.5, 0.6) is 0 Å². The fourth-order valence-corrected chi connectivity index (χ4v) is 3.34. The van der Waals surface area contributed by atoms with E-state index in [1.165, 1.54) is 17.1 Å². The van der Waals surface area contributed by atoms with Crippen molar-refractivity contribution in [1.29, 1.82) is 0 Å². The Labute approximate surface area is 121 Å². The van der Waals surface area contributed by atoms with E-state index in [-0.39, 0.29) is 10.8 Å². The Morgan fingerprint density at radius 1 is 1.24 bits per heavy atom. The van der Waals surface area contributed by atoms with Gasteiger partial charge < -0.3 is 5.73 Å². The minimum absolute atomic E-state index is 0.155. The van der Waals surface area contributed by atoms with E-state index < -0.39 is 10.0 Å². The first-order valence-electron chi connectivity index (χ1n) is 6.12. The van der Waals surface area contributed by atoms with Crippen molar-refractivity contribution in [3.05, 3.63) is 42.7 Å². The zero-order chi connectivity index (χ0) is 15.0. The average molecular weight is 303 g/mol. The van der Waals surface area contributed by atoms with Crippen LogP contribution in [0.25, 0.3) is 10.8 Å². The molecule has 0 aliphatic rings. The summed E-state index contributed by atoms with van der Waals surface area (Å²) in [5.74, 6) is 0.155. The molecule has 0 bridgehead atoms. The third-order valence-corrected chi connectivity index (χ3v) is 4.48. The molecule has 0 aliphatic carbocycles. The van der Waals surface area contributed by atoms with Crippen LogP contribution in [0.2, 0.25) is 0 Å². The Bertz CT molecular complexity index is 917. The summed E-state index contributed by atoms with van der Waals surface area (Å²) in [6, 6.07) is 10.1. The quantitative estimate of drug-likeness (QED) is 0.711. The highest BCUT2D eigenvalue weighted by atomic mass is 32.2. The monoisotopic (exact) mass is 303 g/mol. The van der Waals surface area contributed by atoms with Gasteiger partial charge in [-0.15, -0.1) is 0 Å². The molecule has 1 aromatic heterocycles. The molecule has 0 spiro atoms. The second kappa shape index (κ2) is 4.74. The van der Waals surface area contributed by atoms with E-state index in [0.29, 0.717) is 11.1 Å². The molecule has 0 unspecified atom stereocenters. The van der Waals surface area contributed by atoms with E-state index in [0.717, 1.165) is 5.39 Å². The highest BCUT2D eigenvalue weighted by Crippen LogP contribution is 2.26. The number of nitrogens with zero attached hydrogens (tertiary/aromatic N) is 3. The zero-order valence-electron chi connectivity index (χ0n) is 11.2. The number of nitrogens with one attached hydrogen (secondary N) is 1. The van der Waals surface area contributed by atoms with Crippen LogP contribution in [0.3, 0.4) is 0 Å². The van der Waals surface area contributed by atoms with Crippen LogP contribution < -0.4 is 10.5 Å². The molecular formula is C13H13N5O2S. The first kappa shape index (κ1) is 13.4. The highest BCUT2D eigenvalue weighted by molar-refractivity contribution is 7.93. The average Bonchev–Trinajstić information content (AvgIpc) is 2.82. The molecule has 8 heteroatoms. The summed E-state index contributed by atoms with van der Waals surface area (Å²) in [6.45, 7) is 0. The van der Waals surface area contributed by atoms with Gasteiger partial charge in [0, 0.05) is 18.1 Å². The van der Waals surface area contributed by atoms with Crippen molar-refractivity contribution >= 4 is 32.4 Å². The Balaban J connectivity index is 2.13. The Morgan fingerprint density at radius 3 is 2.76 bits per heavy atom. The van der Waals surface area contributed by atoms with Crippen LogP contribution in [0.15, 0.2) is 47.6 Å². The fourth-order valence-electron chi connectivity index (χ4n) is 2.07. The Hall–Kier alpha value is -2.61. The van der Waals surface area contributed by atoms with Crippen molar-refractivity contribution in [2.75, 3.05) is 10.5 Å². The number of anilines is 2. The predicted octanol–water partition coefficient (Wildman–Crippen LogP) is 1.35. The van der Waals surface area contributed by atoms with Crippen LogP contribution in [0.1, 0.15) is 0 Å². The van der Waals surface area contributed by atoms with Gasteiger partial charge in [0.25, 0.3) is 10.0 Å². The standard InChI is InChI=1S/C13H13N5O2S/c1-18-13(15-8-16-18)17-21(19,20)12-4-2-3-9-7-10(14)5-6-11(9)12/h2-8H,14H2,1H3,(H,15,16,17). The number of rotatable bonds is 3. The van der Waals surface area contributed by atoms with E-state index in [9.17, 15) is 8.42 Å². The summed E-state index contributed by atoms with van der Waals surface area (Å²) in [5.41, 5.74) is 6.31. The van der Waals surface area contributed by atoms with Gasteiger partial charge in [-0.25, -0.2) is 17.8 Å². The highest BCUT2D eigenvalue weighted by Gasteiger charge is 2.19. The van der Waals surface area contributed by atoms with Crippen LogP contribution in [0, 0.1) is 0 Å². The Kier molecular flexibility index (Phi) is 3.02. The molecule has 21 heavy (non-hydrogen) atoms. The number of nitrogens with two attached hydrogens (primary N) is 1. The smallest absolute Gasteiger partial charge is 0.264 e. The maximum atomic E-state index is 12.5. The number of sulfonamides is 1. The van der Waals surface area contributed by atoms with E-state index in [4.69, 9.17) is 5.73 Å². The van der Waals surface area contributed by atoms with Gasteiger partial charge in [-0.3, -0.25) is 0 Å². The molecule has 0 saturated carbocycles. The van der Waals surface area contributed by atoms with E-state index in [1.807, 2.05) is 6.07 Å². The van der Waals surface area contributed by atoms with Gasteiger partial charge in [0.15, 0.2) is 0 Å². The minimum atomic E-state index is -3.76. The number of hydrogen-bond acceptors (Lipinski definition) is 5. The maximum Gasteiger partial charge on any atom is 0.264 e. The molecule has 3 rings (SSSR count). The molecule has 0 amide bonds. The van der Waals surface area contributed by atoms with Crippen molar-refractivity contribution in [2.45, 2.75) is 4.90 Å². The lowest BCUT2D eigenvalue weighted by atomic mass is 10.1. The number of aryl methyl sites for hydroxylation is 1. The van der Waals surface area contributed by atoms with Crippen molar-refractivity contribution in [2.24, 2.45) is 7.05 Å². The summed E-state index contributed by atoms with van der Waals surface area (Å²) in [7, 11) is -2.15. The van der Waals surface area contributed by atoms with Gasteiger partial charge in [0.05, 0.1) is 4.90 Å². The van der Waals surface area contributed by atoms with Gasteiger partial charge in [-0.1, -0.05) is 18.2 Å². The lowest BCUT2D eigenvalue weighted by Gasteiger charge is -2.10. The third-order valence-electron chi connectivity index (χ3n) is 3.09. The first-order chi connectivity index (χ1) is 9.97. The lowest BCUT2D eigenvalue weighted by molar-refractivity contribution is 0.601.